The summed E-state index contributed by atoms with van der Waals surface area (Å²) in [6.45, 7) is 5.61. The molecule has 110 valence electrons. The number of nitrogens with one attached hydrogen (secondary N) is 1. The van der Waals surface area contributed by atoms with Gasteiger partial charge in [0.15, 0.2) is 5.78 Å². The molecule has 0 aliphatic carbocycles. The number of carbonyl (C=O) groups excluding carboxylic acids is 1. The summed E-state index contributed by atoms with van der Waals surface area (Å²) >= 11 is 12.1. The lowest BCUT2D eigenvalue weighted by molar-refractivity contribution is -0.124. The summed E-state index contributed by atoms with van der Waals surface area (Å²) in [5.74, 6) is 0.257. The number of carbonyl (C=O) groups is 1. The lowest BCUT2D eigenvalue weighted by Gasteiger charge is -2.34. The average molecular weight is 315 g/mol. The van der Waals surface area contributed by atoms with Gasteiger partial charge in [0.2, 0.25) is 0 Å². The summed E-state index contributed by atoms with van der Waals surface area (Å²) in [5.41, 5.74) is 0.944. The topological polar surface area (TPSA) is 32.3 Å². The maximum atomic E-state index is 12.5. The van der Waals surface area contributed by atoms with Crippen LogP contribution in [0, 0.1) is 0 Å². The molecular weight excluding hydrogens is 295 g/mol. The molecule has 0 saturated carbocycles. The third-order valence-corrected chi connectivity index (χ3v) is 4.32. The summed E-state index contributed by atoms with van der Waals surface area (Å²) in [4.78, 5) is 14.7. The van der Waals surface area contributed by atoms with Gasteiger partial charge in [0.25, 0.3) is 0 Å². The van der Waals surface area contributed by atoms with Crippen LogP contribution < -0.4 is 5.32 Å². The molecule has 0 spiro atoms. The average Bonchev–Trinajstić information content (AvgIpc) is 2.44. The van der Waals surface area contributed by atoms with Crippen molar-refractivity contribution in [1.29, 1.82) is 0 Å². The smallest absolute Gasteiger partial charge is 0.154 e. The molecule has 5 heteroatoms. The minimum Gasteiger partial charge on any atom is -0.314 e. The molecule has 0 radical (unpaired) electrons. The van der Waals surface area contributed by atoms with Crippen LogP contribution in [0.1, 0.15) is 31.4 Å². The molecule has 0 amide bonds. The minimum absolute atomic E-state index is 0.202. The molecule has 1 saturated heterocycles. The van der Waals surface area contributed by atoms with E-state index in [9.17, 15) is 4.79 Å². The Morgan fingerprint density at radius 2 is 2.00 bits per heavy atom. The number of piperazine rings is 1. The van der Waals surface area contributed by atoms with Crippen molar-refractivity contribution in [3.8, 4) is 0 Å². The van der Waals surface area contributed by atoms with Crippen molar-refractivity contribution in [2.24, 2.45) is 0 Å². The van der Waals surface area contributed by atoms with Gasteiger partial charge in [-0.25, -0.2) is 0 Å². The van der Waals surface area contributed by atoms with Crippen LogP contribution in [0.5, 0.6) is 0 Å². The molecule has 1 aliphatic rings. The van der Waals surface area contributed by atoms with Crippen LogP contribution in [0.25, 0.3) is 0 Å². The first kappa shape index (κ1) is 15.8. The summed E-state index contributed by atoms with van der Waals surface area (Å²) in [7, 11) is 0. The van der Waals surface area contributed by atoms with Crippen molar-refractivity contribution in [1.82, 2.24) is 10.2 Å². The summed E-state index contributed by atoms with van der Waals surface area (Å²) in [6.07, 6.45) is 1.46. The van der Waals surface area contributed by atoms with Crippen LogP contribution in [-0.4, -0.2) is 36.9 Å². The number of halogens is 2. The second-order valence-electron chi connectivity index (χ2n) is 5.08. The molecule has 1 unspecified atom stereocenters. The molecular formula is C15H20Cl2N2O. The number of ketones is 1. The van der Waals surface area contributed by atoms with E-state index in [1.54, 1.807) is 6.07 Å². The highest BCUT2D eigenvalue weighted by Crippen LogP contribution is 2.30. The molecule has 1 fully saturated rings. The Balaban J connectivity index is 2.28. The predicted molar refractivity (Wildman–Crippen MR) is 83.6 cm³/mol. The van der Waals surface area contributed by atoms with E-state index >= 15 is 0 Å². The number of hydrogen-bond acceptors (Lipinski definition) is 3. The number of benzene rings is 1. The zero-order chi connectivity index (χ0) is 14.5. The largest absolute Gasteiger partial charge is 0.314 e. The quantitative estimate of drug-likeness (QED) is 0.905. The van der Waals surface area contributed by atoms with E-state index in [4.69, 9.17) is 23.2 Å². The van der Waals surface area contributed by atoms with Gasteiger partial charge < -0.3 is 5.32 Å². The van der Waals surface area contributed by atoms with E-state index < -0.39 is 0 Å². The monoisotopic (exact) mass is 314 g/mol. The second-order valence-corrected chi connectivity index (χ2v) is 5.89. The molecule has 20 heavy (non-hydrogen) atoms. The van der Waals surface area contributed by atoms with Crippen molar-refractivity contribution in [2.45, 2.75) is 25.8 Å². The zero-order valence-electron chi connectivity index (χ0n) is 11.7. The first-order valence-corrected chi connectivity index (χ1v) is 7.81. The van der Waals surface area contributed by atoms with Gasteiger partial charge in [-0.15, -0.1) is 0 Å². The van der Waals surface area contributed by atoms with E-state index in [1.165, 1.54) is 0 Å². The Labute approximate surface area is 130 Å². The summed E-state index contributed by atoms with van der Waals surface area (Å²) in [5, 5.41) is 4.35. The predicted octanol–water partition coefficient (Wildman–Crippen LogP) is 3.31. The molecule has 0 aromatic heterocycles. The Hall–Kier alpha value is -0.610. The highest BCUT2D eigenvalue weighted by molar-refractivity contribution is 6.42. The van der Waals surface area contributed by atoms with Crippen molar-refractivity contribution in [3.05, 3.63) is 33.8 Å². The van der Waals surface area contributed by atoms with Gasteiger partial charge >= 0.3 is 0 Å². The van der Waals surface area contributed by atoms with Crippen LogP contribution >= 0.6 is 23.2 Å². The van der Waals surface area contributed by atoms with Gasteiger partial charge in [-0.05, 0) is 24.1 Å². The van der Waals surface area contributed by atoms with Crippen molar-refractivity contribution < 1.29 is 4.79 Å². The van der Waals surface area contributed by atoms with E-state index in [2.05, 4.69) is 10.2 Å². The van der Waals surface area contributed by atoms with Crippen molar-refractivity contribution in [3.63, 3.8) is 0 Å². The van der Waals surface area contributed by atoms with Crippen molar-refractivity contribution >= 4 is 29.0 Å². The van der Waals surface area contributed by atoms with Crippen LogP contribution in [0.15, 0.2) is 18.2 Å². The van der Waals surface area contributed by atoms with Gasteiger partial charge in [0.05, 0.1) is 16.1 Å². The van der Waals surface area contributed by atoms with Crippen LogP contribution in [0.4, 0.5) is 0 Å². The zero-order valence-corrected chi connectivity index (χ0v) is 13.2. The Morgan fingerprint density at radius 3 is 2.60 bits per heavy atom. The van der Waals surface area contributed by atoms with Gasteiger partial charge in [-0.2, -0.15) is 0 Å². The number of rotatable bonds is 5. The van der Waals surface area contributed by atoms with E-state index in [1.807, 2.05) is 19.1 Å². The fourth-order valence-corrected chi connectivity index (χ4v) is 2.91. The van der Waals surface area contributed by atoms with Gasteiger partial charge in [-0.1, -0.05) is 36.2 Å². The van der Waals surface area contributed by atoms with Crippen LogP contribution in [0.2, 0.25) is 10.0 Å². The first-order valence-electron chi connectivity index (χ1n) is 7.06. The highest BCUT2D eigenvalue weighted by atomic mass is 35.5. The fraction of sp³-hybridized carbons (Fsp3) is 0.533. The lowest BCUT2D eigenvalue weighted by atomic mass is 9.97. The Morgan fingerprint density at radius 1 is 1.30 bits per heavy atom. The van der Waals surface area contributed by atoms with E-state index in [0.29, 0.717) is 16.5 Å². The summed E-state index contributed by atoms with van der Waals surface area (Å²) in [6, 6.07) is 5.30. The third-order valence-electron chi connectivity index (χ3n) is 3.58. The maximum absolute atomic E-state index is 12.5. The maximum Gasteiger partial charge on any atom is 0.154 e. The third kappa shape index (κ3) is 3.73. The number of hydrogen-bond donors (Lipinski definition) is 1. The molecule has 2 rings (SSSR count). The highest BCUT2D eigenvalue weighted by Gasteiger charge is 2.28. The first-order chi connectivity index (χ1) is 9.63. The van der Waals surface area contributed by atoms with Gasteiger partial charge in [-0.3, -0.25) is 9.69 Å². The van der Waals surface area contributed by atoms with Crippen LogP contribution in [-0.2, 0) is 4.79 Å². The van der Waals surface area contributed by atoms with Gasteiger partial charge in [0, 0.05) is 32.6 Å². The molecule has 1 aliphatic heterocycles. The second kappa shape index (κ2) is 7.41. The van der Waals surface area contributed by atoms with E-state index in [0.717, 1.165) is 38.2 Å². The van der Waals surface area contributed by atoms with E-state index in [-0.39, 0.29) is 11.8 Å². The normalized spacial score (nSPS) is 17.9. The number of Topliss-reactive ketones (excluding diaryl/α,β-unsaturated/α-hetero) is 1. The molecule has 1 atom stereocenters. The minimum atomic E-state index is -0.202. The SMILES string of the molecule is CCCC(=O)C(c1ccc(Cl)c(Cl)c1)N1CCNCC1. The van der Waals surface area contributed by atoms with Gasteiger partial charge in [0.1, 0.15) is 0 Å². The van der Waals surface area contributed by atoms with Crippen molar-refractivity contribution in [2.75, 3.05) is 26.2 Å². The molecule has 0 bridgehead atoms. The fourth-order valence-electron chi connectivity index (χ4n) is 2.61. The molecule has 1 aromatic rings. The Bertz CT molecular complexity index is 473. The molecule has 1 heterocycles. The summed E-state index contributed by atoms with van der Waals surface area (Å²) < 4.78 is 0. The molecule has 1 aromatic carbocycles. The molecule has 3 nitrogen and oxygen atoms in total. The Kier molecular flexibility index (Phi) is 5.85. The van der Waals surface area contributed by atoms with Crippen LogP contribution in [0.3, 0.4) is 0 Å². The lowest BCUT2D eigenvalue weighted by Crippen LogP contribution is -2.47. The number of nitrogens with zero attached hydrogens (tertiary/aromatic N) is 1. The molecule has 1 N–H and O–H groups in total. The standard InChI is InChI=1S/C15H20Cl2N2O/c1-2-3-14(20)15(19-8-6-18-7-9-19)11-4-5-12(16)13(17)10-11/h4-5,10,15,18H,2-3,6-9H2,1H3.